The van der Waals surface area contributed by atoms with Crippen LogP contribution in [0.1, 0.15) is 22.3 Å². The molecule has 0 radical (unpaired) electrons. The van der Waals surface area contributed by atoms with E-state index in [9.17, 15) is 19.7 Å². The molecule has 1 unspecified atom stereocenters. The van der Waals surface area contributed by atoms with Crippen LogP contribution >= 0.6 is 0 Å². The Morgan fingerprint density at radius 3 is 1.97 bits per heavy atom. The minimum absolute atomic E-state index is 0.00473. The molecule has 2 aromatic rings. The van der Waals surface area contributed by atoms with Crippen LogP contribution in [0.5, 0.6) is 0 Å². The molecule has 0 heterocycles. The molecule has 8 nitrogen and oxygen atoms in total. The number of nitrogens with one attached hydrogen (secondary N) is 3. The van der Waals surface area contributed by atoms with Crippen LogP contribution in [-0.2, 0) is 9.59 Å². The molecule has 0 aliphatic heterocycles. The zero-order chi connectivity index (χ0) is 21.7. The molecule has 0 fully saturated rings. The van der Waals surface area contributed by atoms with Gasteiger partial charge in [0.2, 0.25) is 0 Å². The number of nitrogens with zero attached hydrogens (tertiary/aromatic N) is 1. The van der Waals surface area contributed by atoms with Gasteiger partial charge in [-0.3, -0.25) is 19.7 Å². The van der Waals surface area contributed by atoms with E-state index in [0.29, 0.717) is 10.5 Å². The van der Waals surface area contributed by atoms with Gasteiger partial charge in [0.1, 0.15) is 5.69 Å². The van der Waals surface area contributed by atoms with Crippen LogP contribution in [0, 0.1) is 37.8 Å². The van der Waals surface area contributed by atoms with Gasteiger partial charge in [0.25, 0.3) is 17.5 Å². The summed E-state index contributed by atoms with van der Waals surface area (Å²) in [5.41, 5.74) is 4.52. The largest absolute Gasteiger partial charge is 0.322 e. The van der Waals surface area contributed by atoms with E-state index in [-0.39, 0.29) is 30.4 Å². The number of rotatable bonds is 7. The van der Waals surface area contributed by atoms with Crippen molar-refractivity contribution < 1.29 is 19.4 Å². The van der Waals surface area contributed by atoms with E-state index in [1.165, 1.54) is 6.07 Å². The number of hydrogen-bond donors (Lipinski definition) is 3. The number of nitro groups is 1. The highest BCUT2D eigenvalue weighted by Gasteiger charge is 2.21. The van der Waals surface area contributed by atoms with Gasteiger partial charge in [-0.2, -0.15) is 0 Å². The number of aryl methyl sites for hydroxylation is 4. The molecule has 0 saturated carbocycles. The molecule has 2 rings (SSSR count). The predicted molar refractivity (Wildman–Crippen MR) is 112 cm³/mol. The maximum atomic E-state index is 12.4. The highest BCUT2D eigenvalue weighted by atomic mass is 16.6. The number of benzene rings is 2. The number of carbonyl (C=O) groups is 2. The van der Waals surface area contributed by atoms with Gasteiger partial charge in [-0.15, -0.1) is 0 Å². The second kappa shape index (κ2) is 9.29. The zero-order valence-corrected chi connectivity index (χ0v) is 17.4. The van der Waals surface area contributed by atoms with Gasteiger partial charge in [0.15, 0.2) is 13.1 Å². The van der Waals surface area contributed by atoms with Crippen molar-refractivity contribution in [3.63, 3.8) is 0 Å². The van der Waals surface area contributed by atoms with Crippen molar-refractivity contribution in [2.45, 2.75) is 27.7 Å². The Bertz CT molecular complexity index is 933. The van der Waals surface area contributed by atoms with Gasteiger partial charge in [0, 0.05) is 11.8 Å². The second-order valence-electron chi connectivity index (χ2n) is 7.41. The summed E-state index contributed by atoms with van der Waals surface area (Å²) in [6.45, 7) is 7.67. The number of hydrogen-bond acceptors (Lipinski definition) is 4. The molecule has 0 aliphatic rings. The number of anilines is 2. The lowest BCUT2D eigenvalue weighted by molar-refractivity contribution is -0.862. The molecule has 2 amide bonds. The van der Waals surface area contributed by atoms with Crippen LogP contribution in [0.15, 0.2) is 30.3 Å². The standard InChI is InChI=1S/C21H26N4O4/c1-13-9-15(3)20(16(4)10-13)22-18(26)11-24(5)12-19(27)23-21-14(2)7-6-8-17(21)25(28)29/h6-10H,11-12H2,1-5H3,(H,22,26)(H,23,27)/p+1. The van der Waals surface area contributed by atoms with Crippen molar-refractivity contribution in [2.75, 3.05) is 30.8 Å². The number of amides is 2. The minimum atomic E-state index is -0.529. The summed E-state index contributed by atoms with van der Waals surface area (Å²) in [5.74, 6) is -0.595. The van der Waals surface area contributed by atoms with Crippen LogP contribution in [-0.4, -0.2) is 36.9 Å². The summed E-state index contributed by atoms with van der Waals surface area (Å²) in [6.07, 6.45) is 0. The highest BCUT2D eigenvalue weighted by molar-refractivity contribution is 5.95. The fourth-order valence-corrected chi connectivity index (χ4v) is 3.32. The molecule has 8 heteroatoms. The summed E-state index contributed by atoms with van der Waals surface area (Å²) < 4.78 is 0. The van der Waals surface area contributed by atoms with Crippen LogP contribution in [0.25, 0.3) is 0 Å². The van der Waals surface area contributed by atoms with E-state index in [0.717, 1.165) is 22.4 Å². The molecule has 3 N–H and O–H groups in total. The summed E-state index contributed by atoms with van der Waals surface area (Å²) in [7, 11) is 1.72. The smallest absolute Gasteiger partial charge is 0.293 e. The Morgan fingerprint density at radius 1 is 0.931 bits per heavy atom. The summed E-state index contributed by atoms with van der Waals surface area (Å²) >= 11 is 0. The normalized spacial score (nSPS) is 11.6. The van der Waals surface area contributed by atoms with Gasteiger partial charge in [-0.25, -0.2) is 0 Å². The fourth-order valence-electron chi connectivity index (χ4n) is 3.32. The molecule has 154 valence electrons. The van der Waals surface area contributed by atoms with Gasteiger partial charge in [-0.1, -0.05) is 29.8 Å². The fraction of sp³-hybridized carbons (Fsp3) is 0.333. The van der Waals surface area contributed by atoms with Crippen molar-refractivity contribution >= 4 is 28.9 Å². The second-order valence-corrected chi connectivity index (χ2v) is 7.41. The van der Waals surface area contributed by atoms with Crippen molar-refractivity contribution in [3.8, 4) is 0 Å². The van der Waals surface area contributed by atoms with Gasteiger partial charge in [0.05, 0.1) is 12.0 Å². The molecule has 0 bridgehead atoms. The predicted octanol–water partition coefficient (Wildman–Crippen LogP) is 1.92. The Kier molecular flexibility index (Phi) is 7.06. The SMILES string of the molecule is Cc1cc(C)c(NC(=O)C[NH+](C)CC(=O)Nc2c(C)cccc2[N+](=O)[O-])c(C)c1. The molecule has 29 heavy (non-hydrogen) atoms. The zero-order valence-electron chi connectivity index (χ0n) is 17.4. The van der Waals surface area contributed by atoms with E-state index >= 15 is 0 Å². The summed E-state index contributed by atoms with van der Waals surface area (Å²) in [4.78, 5) is 36.1. The lowest BCUT2D eigenvalue weighted by Crippen LogP contribution is -3.11. The summed E-state index contributed by atoms with van der Waals surface area (Å²) in [6, 6.07) is 8.61. The van der Waals surface area contributed by atoms with Crippen LogP contribution in [0.2, 0.25) is 0 Å². The highest BCUT2D eigenvalue weighted by Crippen LogP contribution is 2.27. The molecular formula is C21H27N4O4+. The van der Waals surface area contributed by atoms with Crippen molar-refractivity contribution in [2.24, 2.45) is 0 Å². The van der Waals surface area contributed by atoms with Crippen LogP contribution in [0.4, 0.5) is 17.1 Å². The molecule has 0 aliphatic carbocycles. The molecule has 1 atom stereocenters. The number of para-hydroxylation sites is 1. The molecule has 0 spiro atoms. The Morgan fingerprint density at radius 2 is 1.45 bits per heavy atom. The molecule has 0 saturated heterocycles. The lowest BCUT2D eigenvalue weighted by Gasteiger charge is -2.16. The monoisotopic (exact) mass is 399 g/mol. The van der Waals surface area contributed by atoms with E-state index in [1.54, 1.807) is 26.1 Å². The van der Waals surface area contributed by atoms with Crippen molar-refractivity contribution in [3.05, 3.63) is 62.7 Å². The number of carbonyl (C=O) groups excluding carboxylic acids is 2. The van der Waals surface area contributed by atoms with E-state index in [4.69, 9.17) is 0 Å². The number of nitro benzene ring substituents is 1. The Labute approximate surface area is 170 Å². The third-order valence-corrected chi connectivity index (χ3v) is 4.58. The molecule has 2 aromatic carbocycles. The van der Waals surface area contributed by atoms with Crippen molar-refractivity contribution in [1.82, 2.24) is 0 Å². The van der Waals surface area contributed by atoms with Crippen LogP contribution in [0.3, 0.4) is 0 Å². The molecule has 0 aromatic heterocycles. The van der Waals surface area contributed by atoms with E-state index < -0.39 is 10.8 Å². The first-order chi connectivity index (χ1) is 13.6. The summed E-state index contributed by atoms with van der Waals surface area (Å²) in [5, 5.41) is 16.7. The maximum absolute atomic E-state index is 12.4. The number of likely N-dealkylation sites (N-methyl/N-ethyl adjacent to an activating group) is 1. The first-order valence-electron chi connectivity index (χ1n) is 9.31. The quantitative estimate of drug-likeness (QED) is 0.488. The lowest BCUT2D eigenvalue weighted by atomic mass is 10.1. The molecular weight excluding hydrogens is 372 g/mol. The van der Waals surface area contributed by atoms with E-state index in [2.05, 4.69) is 10.6 Å². The Hall–Kier alpha value is -3.26. The van der Waals surface area contributed by atoms with Gasteiger partial charge < -0.3 is 15.5 Å². The first-order valence-corrected chi connectivity index (χ1v) is 9.31. The average molecular weight is 399 g/mol. The first kappa shape index (κ1) is 22.0. The van der Waals surface area contributed by atoms with Crippen molar-refractivity contribution in [1.29, 1.82) is 0 Å². The number of quaternary nitrogens is 1. The van der Waals surface area contributed by atoms with Gasteiger partial charge >= 0.3 is 0 Å². The van der Waals surface area contributed by atoms with Crippen LogP contribution < -0.4 is 15.5 Å². The minimum Gasteiger partial charge on any atom is -0.322 e. The Balaban J connectivity index is 1.98. The third kappa shape index (κ3) is 5.86. The average Bonchev–Trinajstić information content (AvgIpc) is 2.59. The maximum Gasteiger partial charge on any atom is 0.293 e. The third-order valence-electron chi connectivity index (χ3n) is 4.58. The topological polar surface area (TPSA) is 106 Å². The van der Waals surface area contributed by atoms with E-state index in [1.807, 2.05) is 32.9 Å². The van der Waals surface area contributed by atoms with Gasteiger partial charge in [-0.05, 0) is 44.4 Å².